The third kappa shape index (κ3) is 7.58. The summed E-state index contributed by atoms with van der Waals surface area (Å²) in [5, 5.41) is 14.7. The number of rotatable bonds is 10. The predicted octanol–water partition coefficient (Wildman–Crippen LogP) is 4.89. The van der Waals surface area contributed by atoms with Crippen LogP contribution in [-0.4, -0.2) is 76.7 Å². The quantitative estimate of drug-likeness (QED) is 0.298. The van der Waals surface area contributed by atoms with Gasteiger partial charge in [0, 0.05) is 80.0 Å². The topological polar surface area (TPSA) is 116 Å². The van der Waals surface area contributed by atoms with E-state index in [0.29, 0.717) is 49.6 Å². The lowest BCUT2D eigenvalue weighted by molar-refractivity contribution is -0.384. The normalized spacial score (nSPS) is 22.1. The van der Waals surface area contributed by atoms with Crippen LogP contribution in [0.1, 0.15) is 63.0 Å². The van der Waals surface area contributed by atoms with E-state index in [9.17, 15) is 24.5 Å². The van der Waals surface area contributed by atoms with Crippen LogP contribution in [0.4, 0.5) is 11.4 Å². The summed E-state index contributed by atoms with van der Waals surface area (Å²) in [6, 6.07) is 12.8. The Balaban J connectivity index is 1.15. The molecular formula is C33H42ClN5O5. The third-order valence-corrected chi connectivity index (χ3v) is 9.99. The molecule has 0 spiro atoms. The number of piperidine rings is 2. The second-order valence-corrected chi connectivity index (χ2v) is 12.9. The van der Waals surface area contributed by atoms with Gasteiger partial charge in [-0.25, -0.2) is 0 Å². The van der Waals surface area contributed by atoms with Crippen molar-refractivity contribution in [3.05, 3.63) is 68.7 Å². The van der Waals surface area contributed by atoms with E-state index in [-0.39, 0.29) is 41.8 Å². The number of benzene rings is 2. The second-order valence-electron chi connectivity index (χ2n) is 12.5. The van der Waals surface area contributed by atoms with Crippen LogP contribution in [0.2, 0.25) is 5.02 Å². The van der Waals surface area contributed by atoms with Crippen molar-refractivity contribution in [2.24, 2.45) is 5.92 Å². The molecular weight excluding hydrogens is 582 g/mol. The van der Waals surface area contributed by atoms with Crippen molar-refractivity contribution in [2.45, 2.75) is 83.3 Å². The van der Waals surface area contributed by atoms with E-state index in [0.717, 1.165) is 55.5 Å². The van der Waals surface area contributed by atoms with E-state index in [1.54, 1.807) is 19.1 Å². The van der Waals surface area contributed by atoms with Crippen molar-refractivity contribution in [1.29, 1.82) is 0 Å². The Labute approximate surface area is 263 Å². The molecule has 236 valence electrons. The van der Waals surface area contributed by atoms with Crippen molar-refractivity contribution < 1.29 is 19.3 Å². The van der Waals surface area contributed by atoms with Crippen LogP contribution in [-0.2, 0) is 20.8 Å². The lowest BCUT2D eigenvalue weighted by Crippen LogP contribution is -2.51. The van der Waals surface area contributed by atoms with E-state index >= 15 is 0 Å². The zero-order chi connectivity index (χ0) is 31.4. The average Bonchev–Trinajstić information content (AvgIpc) is 3.23. The smallest absolute Gasteiger partial charge is 0.269 e. The van der Waals surface area contributed by atoms with Crippen molar-refractivity contribution in [3.8, 4) is 0 Å². The molecule has 44 heavy (non-hydrogen) atoms. The molecule has 2 bridgehead atoms. The Morgan fingerprint density at radius 3 is 2.27 bits per heavy atom. The molecule has 3 amide bonds. The van der Waals surface area contributed by atoms with Gasteiger partial charge in [0.25, 0.3) is 5.69 Å². The summed E-state index contributed by atoms with van der Waals surface area (Å²) < 4.78 is 0. The van der Waals surface area contributed by atoms with Crippen molar-refractivity contribution >= 4 is 40.7 Å². The lowest BCUT2D eigenvalue weighted by Gasteiger charge is -2.40. The van der Waals surface area contributed by atoms with Crippen LogP contribution < -0.4 is 10.2 Å². The predicted molar refractivity (Wildman–Crippen MR) is 170 cm³/mol. The fourth-order valence-electron chi connectivity index (χ4n) is 7.15. The van der Waals surface area contributed by atoms with E-state index in [1.807, 2.05) is 34.9 Å². The first kappa shape index (κ1) is 31.9. The number of amides is 3. The zero-order valence-corrected chi connectivity index (χ0v) is 26.3. The van der Waals surface area contributed by atoms with Crippen molar-refractivity contribution in [1.82, 2.24) is 15.1 Å². The summed E-state index contributed by atoms with van der Waals surface area (Å²) in [5.74, 6) is -0.0185. The third-order valence-electron chi connectivity index (χ3n) is 9.58. The first-order chi connectivity index (χ1) is 21.1. The molecule has 10 nitrogen and oxygen atoms in total. The lowest BCUT2D eigenvalue weighted by atomic mass is 9.94. The first-order valence-electron chi connectivity index (χ1n) is 15.7. The highest BCUT2D eigenvalue weighted by molar-refractivity contribution is 6.31. The van der Waals surface area contributed by atoms with Crippen LogP contribution in [0, 0.1) is 23.0 Å². The number of halogens is 1. The second kappa shape index (κ2) is 14.1. The molecule has 3 aliphatic rings. The first-order valence-corrected chi connectivity index (χ1v) is 16.1. The maximum atomic E-state index is 13.8. The number of hydrogen-bond donors (Lipinski definition) is 1. The van der Waals surface area contributed by atoms with Crippen LogP contribution in [0.15, 0.2) is 42.5 Å². The summed E-state index contributed by atoms with van der Waals surface area (Å²) in [7, 11) is 0. The van der Waals surface area contributed by atoms with Gasteiger partial charge in [-0.2, -0.15) is 0 Å². The number of nitrogens with zero attached hydrogens (tertiary/aromatic N) is 4. The summed E-state index contributed by atoms with van der Waals surface area (Å²) >= 11 is 6.47. The SMILES string of the molecule is CC(=O)N1CCC(C(=O)N(CCCN2C3CCC2CC(NC(=O)Cc2ccc([N+](=O)[O-])cc2)C3)c2ccc(C)c(Cl)c2)CC1. The Hall–Kier alpha value is -3.50. The molecule has 0 radical (unpaired) electrons. The molecule has 2 aromatic rings. The summed E-state index contributed by atoms with van der Waals surface area (Å²) in [6.07, 6.45) is 6.36. The van der Waals surface area contributed by atoms with Crippen LogP contribution in [0.3, 0.4) is 0 Å². The van der Waals surface area contributed by atoms with Gasteiger partial charge in [0.2, 0.25) is 17.7 Å². The van der Waals surface area contributed by atoms with Gasteiger partial charge < -0.3 is 15.1 Å². The Bertz CT molecular complexity index is 1360. The number of fused-ring (bicyclic) bond motifs is 2. The molecule has 0 saturated carbocycles. The summed E-state index contributed by atoms with van der Waals surface area (Å²) in [4.78, 5) is 55.1. The highest BCUT2D eigenvalue weighted by Crippen LogP contribution is 2.36. The van der Waals surface area contributed by atoms with Gasteiger partial charge in [0.15, 0.2) is 0 Å². The number of carbonyl (C=O) groups is 3. The minimum Gasteiger partial charge on any atom is -0.353 e. The van der Waals surface area contributed by atoms with E-state index < -0.39 is 4.92 Å². The molecule has 1 N–H and O–H groups in total. The molecule has 3 aliphatic heterocycles. The molecule has 2 aromatic carbocycles. The number of likely N-dealkylation sites (tertiary alicyclic amines) is 1. The Kier molecular flexibility index (Phi) is 10.2. The van der Waals surface area contributed by atoms with Gasteiger partial charge in [0.05, 0.1) is 11.3 Å². The average molecular weight is 624 g/mol. The van der Waals surface area contributed by atoms with Gasteiger partial charge in [-0.1, -0.05) is 29.8 Å². The number of anilines is 1. The molecule has 3 fully saturated rings. The molecule has 2 unspecified atom stereocenters. The van der Waals surface area contributed by atoms with E-state index in [1.165, 1.54) is 12.1 Å². The Morgan fingerprint density at radius 1 is 1.02 bits per heavy atom. The summed E-state index contributed by atoms with van der Waals surface area (Å²) in [6.45, 7) is 6.22. The minimum absolute atomic E-state index is 0.0169. The molecule has 3 saturated heterocycles. The highest BCUT2D eigenvalue weighted by atomic mass is 35.5. The number of non-ortho nitro benzene ring substituents is 1. The monoisotopic (exact) mass is 623 g/mol. The van der Waals surface area contributed by atoms with E-state index in [4.69, 9.17) is 11.6 Å². The van der Waals surface area contributed by atoms with Crippen LogP contribution >= 0.6 is 11.6 Å². The molecule has 3 heterocycles. The molecule has 11 heteroatoms. The number of nitrogens with one attached hydrogen (secondary N) is 1. The number of nitro groups is 1. The standard InChI is InChI=1S/C33H42ClN5O5/c1-22-4-7-30(21-31(22)34)38(33(42)25-12-16-36(17-13-25)23(2)40)15-3-14-37-28-10-11-29(37)20-26(19-28)35-32(41)18-24-5-8-27(9-6-24)39(43)44/h4-9,21,25-26,28-29H,3,10-20H2,1-2H3,(H,35,41). The minimum atomic E-state index is -0.443. The molecule has 0 aromatic heterocycles. The van der Waals surface area contributed by atoms with Crippen molar-refractivity contribution in [3.63, 3.8) is 0 Å². The van der Waals surface area contributed by atoms with Gasteiger partial charge in [0.1, 0.15) is 0 Å². The fourth-order valence-corrected chi connectivity index (χ4v) is 7.32. The van der Waals surface area contributed by atoms with Crippen LogP contribution in [0.25, 0.3) is 0 Å². The van der Waals surface area contributed by atoms with Gasteiger partial charge in [-0.15, -0.1) is 0 Å². The highest BCUT2D eigenvalue weighted by Gasteiger charge is 2.41. The van der Waals surface area contributed by atoms with E-state index in [2.05, 4.69) is 10.2 Å². The van der Waals surface area contributed by atoms with Gasteiger partial charge in [-0.3, -0.25) is 29.4 Å². The van der Waals surface area contributed by atoms with Crippen LogP contribution in [0.5, 0.6) is 0 Å². The number of aryl methyl sites for hydroxylation is 1. The molecule has 5 rings (SSSR count). The zero-order valence-electron chi connectivity index (χ0n) is 25.5. The maximum Gasteiger partial charge on any atom is 0.269 e. The number of hydrogen-bond acceptors (Lipinski definition) is 6. The maximum absolute atomic E-state index is 13.8. The fraction of sp³-hybridized carbons (Fsp3) is 0.545. The number of nitro benzene ring substituents is 1. The van der Waals surface area contributed by atoms with Crippen molar-refractivity contribution in [2.75, 3.05) is 31.1 Å². The largest absolute Gasteiger partial charge is 0.353 e. The Morgan fingerprint density at radius 2 is 1.68 bits per heavy atom. The van der Waals surface area contributed by atoms with Gasteiger partial charge in [-0.05, 0) is 75.1 Å². The number of carbonyl (C=O) groups excluding carboxylic acids is 3. The summed E-state index contributed by atoms with van der Waals surface area (Å²) in [5.41, 5.74) is 2.56. The van der Waals surface area contributed by atoms with Gasteiger partial charge >= 0.3 is 0 Å². The molecule has 2 atom stereocenters. The molecule has 0 aliphatic carbocycles.